The average Bonchev–Trinajstić information content (AvgIpc) is 3.09. The highest BCUT2D eigenvalue weighted by molar-refractivity contribution is 7.89. The Morgan fingerprint density at radius 1 is 1.37 bits per heavy atom. The number of nitrogens with zero attached hydrogens (tertiary/aromatic N) is 2. The molecule has 0 radical (unpaired) electrons. The molecular formula is C19H25N3O3S2. The molecule has 1 aromatic carbocycles. The van der Waals surface area contributed by atoms with Crippen LogP contribution in [0.3, 0.4) is 0 Å². The minimum Gasteiger partial charge on any atom is -0.351 e. The molecule has 0 unspecified atom stereocenters. The van der Waals surface area contributed by atoms with Gasteiger partial charge in [-0.3, -0.25) is 4.79 Å². The quantitative estimate of drug-likeness (QED) is 0.826. The van der Waals surface area contributed by atoms with Gasteiger partial charge in [0.2, 0.25) is 15.9 Å². The molecule has 1 N–H and O–H groups in total. The van der Waals surface area contributed by atoms with Gasteiger partial charge in [-0.05, 0) is 38.3 Å². The van der Waals surface area contributed by atoms with Gasteiger partial charge in [-0.2, -0.15) is 4.31 Å². The standard InChI is InChI=1S/C19H25N3O3S2/c1-13-6-7-18(14(2)9-13)27(24,25)22-8-4-5-16(11-22)19-21-17(12-26-19)10-20-15(3)23/h6-7,9,12,16H,4-5,8,10-11H2,1-3H3,(H,20,23)/t16-/m1/s1. The van der Waals surface area contributed by atoms with Crippen molar-refractivity contribution < 1.29 is 13.2 Å². The van der Waals surface area contributed by atoms with E-state index in [1.807, 2.05) is 31.4 Å². The summed E-state index contributed by atoms with van der Waals surface area (Å²) in [6.45, 7) is 6.67. The molecule has 0 bridgehead atoms. The van der Waals surface area contributed by atoms with E-state index in [-0.39, 0.29) is 11.8 Å². The van der Waals surface area contributed by atoms with Crippen LogP contribution in [-0.2, 0) is 21.4 Å². The molecule has 0 spiro atoms. The minimum atomic E-state index is -3.51. The Balaban J connectivity index is 1.76. The lowest BCUT2D eigenvalue weighted by Crippen LogP contribution is -2.39. The largest absolute Gasteiger partial charge is 0.351 e. The molecular weight excluding hydrogens is 382 g/mol. The van der Waals surface area contributed by atoms with Gasteiger partial charge in [0.25, 0.3) is 0 Å². The summed E-state index contributed by atoms with van der Waals surface area (Å²) in [5.41, 5.74) is 2.65. The number of hydrogen-bond donors (Lipinski definition) is 1. The van der Waals surface area contributed by atoms with E-state index in [0.717, 1.165) is 34.7 Å². The Morgan fingerprint density at radius 3 is 2.85 bits per heavy atom. The highest BCUT2D eigenvalue weighted by atomic mass is 32.2. The van der Waals surface area contributed by atoms with Crippen molar-refractivity contribution in [2.24, 2.45) is 0 Å². The van der Waals surface area contributed by atoms with Gasteiger partial charge in [-0.25, -0.2) is 13.4 Å². The summed E-state index contributed by atoms with van der Waals surface area (Å²) in [5, 5.41) is 5.62. The maximum absolute atomic E-state index is 13.1. The summed E-state index contributed by atoms with van der Waals surface area (Å²) in [6.07, 6.45) is 1.74. The van der Waals surface area contributed by atoms with Crippen molar-refractivity contribution in [2.75, 3.05) is 13.1 Å². The van der Waals surface area contributed by atoms with Gasteiger partial charge in [-0.15, -0.1) is 11.3 Å². The van der Waals surface area contributed by atoms with Gasteiger partial charge in [0.1, 0.15) is 0 Å². The molecule has 0 saturated carbocycles. The number of carbonyl (C=O) groups is 1. The smallest absolute Gasteiger partial charge is 0.243 e. The van der Waals surface area contributed by atoms with Gasteiger partial charge < -0.3 is 5.32 Å². The third kappa shape index (κ3) is 4.56. The van der Waals surface area contributed by atoms with Gasteiger partial charge in [0.15, 0.2) is 0 Å². The summed E-state index contributed by atoms with van der Waals surface area (Å²) in [4.78, 5) is 16.0. The van der Waals surface area contributed by atoms with E-state index in [1.54, 1.807) is 10.4 Å². The van der Waals surface area contributed by atoms with Crippen LogP contribution in [0.1, 0.15) is 47.5 Å². The molecule has 1 saturated heterocycles. The molecule has 1 aliphatic heterocycles. The first-order valence-electron chi connectivity index (χ1n) is 9.03. The third-order valence-electron chi connectivity index (χ3n) is 4.77. The van der Waals surface area contributed by atoms with Crippen molar-refractivity contribution in [3.8, 4) is 0 Å². The first-order chi connectivity index (χ1) is 12.8. The van der Waals surface area contributed by atoms with Crippen molar-refractivity contribution in [3.05, 3.63) is 45.4 Å². The van der Waals surface area contributed by atoms with Crippen LogP contribution in [0.2, 0.25) is 0 Å². The molecule has 2 heterocycles. The van der Waals surface area contributed by atoms with Crippen molar-refractivity contribution in [3.63, 3.8) is 0 Å². The number of nitrogens with one attached hydrogen (secondary N) is 1. The van der Waals surface area contributed by atoms with Gasteiger partial charge in [0, 0.05) is 31.3 Å². The topological polar surface area (TPSA) is 79.4 Å². The van der Waals surface area contributed by atoms with E-state index in [1.165, 1.54) is 18.3 Å². The van der Waals surface area contributed by atoms with E-state index in [0.29, 0.717) is 24.5 Å². The summed E-state index contributed by atoms with van der Waals surface area (Å²) in [5.74, 6) is 0.00306. The monoisotopic (exact) mass is 407 g/mol. The lowest BCUT2D eigenvalue weighted by Gasteiger charge is -2.31. The van der Waals surface area contributed by atoms with Crippen LogP contribution in [0.25, 0.3) is 0 Å². The molecule has 1 aromatic heterocycles. The Morgan fingerprint density at radius 2 is 2.15 bits per heavy atom. The zero-order valence-corrected chi connectivity index (χ0v) is 17.5. The van der Waals surface area contributed by atoms with Crippen LogP contribution in [0, 0.1) is 13.8 Å². The molecule has 27 heavy (non-hydrogen) atoms. The predicted molar refractivity (Wildman–Crippen MR) is 106 cm³/mol. The second-order valence-corrected chi connectivity index (χ2v) is 9.85. The Hall–Kier alpha value is -1.77. The second kappa shape index (κ2) is 8.08. The van der Waals surface area contributed by atoms with Crippen molar-refractivity contribution in [2.45, 2.75) is 51.0 Å². The van der Waals surface area contributed by atoms with Crippen LogP contribution >= 0.6 is 11.3 Å². The van der Waals surface area contributed by atoms with E-state index in [4.69, 9.17) is 0 Å². The molecule has 1 amide bonds. The maximum Gasteiger partial charge on any atom is 0.243 e. The zero-order chi connectivity index (χ0) is 19.6. The number of benzene rings is 1. The number of thiazole rings is 1. The Bertz CT molecular complexity index is 937. The highest BCUT2D eigenvalue weighted by Crippen LogP contribution is 2.32. The summed E-state index contributed by atoms with van der Waals surface area (Å²) in [7, 11) is -3.51. The minimum absolute atomic E-state index is 0.0899. The fourth-order valence-electron chi connectivity index (χ4n) is 3.40. The Kier molecular flexibility index (Phi) is 5.98. The van der Waals surface area contributed by atoms with Crippen LogP contribution < -0.4 is 5.32 Å². The number of aryl methyl sites for hydroxylation is 2. The summed E-state index contributed by atoms with van der Waals surface area (Å²) in [6, 6.07) is 5.46. The highest BCUT2D eigenvalue weighted by Gasteiger charge is 2.32. The van der Waals surface area contributed by atoms with Gasteiger partial charge in [0.05, 0.1) is 22.1 Å². The first kappa shape index (κ1) is 20.0. The molecule has 8 heteroatoms. The van der Waals surface area contributed by atoms with Crippen LogP contribution in [0.5, 0.6) is 0 Å². The van der Waals surface area contributed by atoms with Crippen molar-refractivity contribution in [1.82, 2.24) is 14.6 Å². The number of amides is 1. The number of piperidine rings is 1. The number of hydrogen-bond acceptors (Lipinski definition) is 5. The van der Waals surface area contributed by atoms with Crippen LogP contribution in [0.4, 0.5) is 0 Å². The number of aromatic nitrogens is 1. The van der Waals surface area contributed by atoms with Gasteiger partial charge >= 0.3 is 0 Å². The second-order valence-electron chi connectivity index (χ2n) is 7.06. The van der Waals surface area contributed by atoms with Crippen molar-refractivity contribution >= 4 is 27.3 Å². The zero-order valence-electron chi connectivity index (χ0n) is 15.9. The molecule has 2 aromatic rings. The lowest BCUT2D eigenvalue weighted by molar-refractivity contribution is -0.119. The SMILES string of the molecule is CC(=O)NCc1csc([C@@H]2CCCN(S(=O)(=O)c3ccc(C)cc3C)C2)n1. The molecule has 6 nitrogen and oxygen atoms in total. The molecule has 146 valence electrons. The fraction of sp³-hybridized carbons (Fsp3) is 0.474. The van der Waals surface area contributed by atoms with E-state index in [9.17, 15) is 13.2 Å². The number of carbonyl (C=O) groups excluding carboxylic acids is 1. The van der Waals surface area contributed by atoms with Gasteiger partial charge in [-0.1, -0.05) is 17.7 Å². The molecule has 3 rings (SSSR count). The molecule has 0 aliphatic carbocycles. The van der Waals surface area contributed by atoms with Crippen LogP contribution in [-0.4, -0.2) is 36.7 Å². The Labute approximate surface area is 164 Å². The van der Waals surface area contributed by atoms with Crippen molar-refractivity contribution in [1.29, 1.82) is 0 Å². The molecule has 1 fully saturated rings. The molecule has 1 aliphatic rings. The van der Waals surface area contributed by atoms with E-state index in [2.05, 4.69) is 10.3 Å². The average molecular weight is 408 g/mol. The third-order valence-corrected chi connectivity index (χ3v) is 7.85. The predicted octanol–water partition coefficient (Wildman–Crippen LogP) is 2.96. The molecule has 1 atom stereocenters. The summed E-state index contributed by atoms with van der Waals surface area (Å²) >= 11 is 1.54. The van der Waals surface area contributed by atoms with E-state index < -0.39 is 10.0 Å². The lowest BCUT2D eigenvalue weighted by atomic mass is 10.0. The van der Waals surface area contributed by atoms with Crippen LogP contribution in [0.15, 0.2) is 28.5 Å². The number of rotatable bonds is 5. The normalized spacial score (nSPS) is 18.4. The van der Waals surface area contributed by atoms with E-state index >= 15 is 0 Å². The number of sulfonamides is 1. The maximum atomic E-state index is 13.1. The first-order valence-corrected chi connectivity index (χ1v) is 11.4. The summed E-state index contributed by atoms with van der Waals surface area (Å²) < 4.78 is 27.9. The fourth-order valence-corrected chi connectivity index (χ4v) is 6.07.